The third-order valence-corrected chi connectivity index (χ3v) is 2.76. The van der Waals surface area contributed by atoms with Gasteiger partial charge in [-0.3, -0.25) is 9.78 Å². The number of rotatable bonds is 4. The van der Waals surface area contributed by atoms with E-state index in [9.17, 15) is 4.79 Å². The maximum atomic E-state index is 12.0. The molecule has 0 unspecified atom stereocenters. The lowest BCUT2D eigenvalue weighted by molar-refractivity contribution is 0.0954. The van der Waals surface area contributed by atoms with Crippen LogP contribution in [0.5, 0.6) is 5.75 Å². The van der Waals surface area contributed by atoms with Crippen LogP contribution in [0.1, 0.15) is 22.8 Å². The molecule has 0 spiro atoms. The molecule has 5 nitrogen and oxygen atoms in total. The fraction of sp³-hybridized carbons (Fsp3) is 0.133. The minimum absolute atomic E-state index is 0.280. The number of carbonyl (C=O) groups excluding carboxylic acids is 1. The van der Waals surface area contributed by atoms with Crippen molar-refractivity contribution in [2.75, 3.05) is 7.11 Å². The van der Waals surface area contributed by atoms with Gasteiger partial charge in [-0.05, 0) is 37.3 Å². The van der Waals surface area contributed by atoms with Crippen LogP contribution in [0.25, 0.3) is 0 Å². The van der Waals surface area contributed by atoms with Crippen molar-refractivity contribution in [3.8, 4) is 5.75 Å². The average molecular weight is 269 g/mol. The van der Waals surface area contributed by atoms with Crippen LogP contribution < -0.4 is 10.2 Å². The number of methoxy groups -OCH3 is 1. The van der Waals surface area contributed by atoms with E-state index in [4.69, 9.17) is 4.74 Å². The Labute approximate surface area is 117 Å². The predicted octanol–water partition coefficient (Wildman–Crippen LogP) is 2.24. The van der Waals surface area contributed by atoms with E-state index in [1.165, 1.54) is 0 Å². The summed E-state index contributed by atoms with van der Waals surface area (Å²) >= 11 is 0. The van der Waals surface area contributed by atoms with E-state index >= 15 is 0 Å². The Balaban J connectivity index is 2.08. The molecule has 0 atom stereocenters. The average Bonchev–Trinajstić information content (AvgIpc) is 2.53. The Morgan fingerprint density at radius 2 is 1.95 bits per heavy atom. The second-order valence-corrected chi connectivity index (χ2v) is 4.11. The minimum atomic E-state index is -0.280. The maximum absolute atomic E-state index is 12.0. The summed E-state index contributed by atoms with van der Waals surface area (Å²) < 4.78 is 5.08. The van der Waals surface area contributed by atoms with E-state index in [0.29, 0.717) is 17.0 Å². The van der Waals surface area contributed by atoms with Gasteiger partial charge in [-0.1, -0.05) is 6.07 Å². The second-order valence-electron chi connectivity index (χ2n) is 4.11. The van der Waals surface area contributed by atoms with E-state index < -0.39 is 0 Å². The number of nitrogens with zero attached hydrogens (tertiary/aromatic N) is 2. The molecule has 20 heavy (non-hydrogen) atoms. The van der Waals surface area contributed by atoms with Gasteiger partial charge in [0.25, 0.3) is 5.91 Å². The Bertz CT molecular complexity index is 624. The van der Waals surface area contributed by atoms with Crippen LogP contribution in [0.15, 0.2) is 53.9 Å². The minimum Gasteiger partial charge on any atom is -0.497 e. The summed E-state index contributed by atoms with van der Waals surface area (Å²) in [5.41, 5.74) is 4.64. The number of hydrogen-bond acceptors (Lipinski definition) is 4. The van der Waals surface area contributed by atoms with Crippen LogP contribution >= 0.6 is 0 Å². The first-order chi connectivity index (χ1) is 9.70. The fourth-order valence-corrected chi connectivity index (χ4v) is 1.62. The number of ether oxygens (including phenoxy) is 1. The van der Waals surface area contributed by atoms with Gasteiger partial charge in [-0.15, -0.1) is 0 Å². The highest BCUT2D eigenvalue weighted by atomic mass is 16.5. The maximum Gasteiger partial charge on any atom is 0.271 e. The van der Waals surface area contributed by atoms with Crippen molar-refractivity contribution in [1.82, 2.24) is 10.4 Å². The van der Waals surface area contributed by atoms with Crippen molar-refractivity contribution in [3.63, 3.8) is 0 Å². The van der Waals surface area contributed by atoms with Gasteiger partial charge in [-0.2, -0.15) is 5.10 Å². The van der Waals surface area contributed by atoms with Crippen LogP contribution in [0.4, 0.5) is 0 Å². The van der Waals surface area contributed by atoms with Gasteiger partial charge >= 0.3 is 0 Å². The number of aromatic nitrogens is 1. The van der Waals surface area contributed by atoms with E-state index in [0.717, 1.165) is 5.56 Å². The molecule has 102 valence electrons. The molecule has 1 heterocycles. The van der Waals surface area contributed by atoms with E-state index in [-0.39, 0.29) is 5.91 Å². The van der Waals surface area contributed by atoms with Gasteiger partial charge in [0.2, 0.25) is 0 Å². The Kier molecular flexibility index (Phi) is 4.44. The molecule has 0 saturated heterocycles. The summed E-state index contributed by atoms with van der Waals surface area (Å²) in [6.45, 7) is 1.82. The van der Waals surface area contributed by atoms with Crippen molar-refractivity contribution in [2.45, 2.75) is 6.92 Å². The third kappa shape index (κ3) is 3.41. The molecule has 1 amide bonds. The van der Waals surface area contributed by atoms with Crippen LogP contribution in [0.2, 0.25) is 0 Å². The molecule has 0 fully saturated rings. The highest BCUT2D eigenvalue weighted by molar-refractivity contribution is 6.00. The van der Waals surface area contributed by atoms with Crippen LogP contribution in [0.3, 0.4) is 0 Å². The van der Waals surface area contributed by atoms with Crippen molar-refractivity contribution >= 4 is 11.6 Å². The van der Waals surface area contributed by atoms with Crippen LogP contribution in [-0.4, -0.2) is 23.7 Å². The largest absolute Gasteiger partial charge is 0.497 e. The van der Waals surface area contributed by atoms with Gasteiger partial charge in [0.15, 0.2) is 0 Å². The zero-order valence-corrected chi connectivity index (χ0v) is 11.3. The number of pyridine rings is 1. The molecule has 0 aliphatic rings. The molecule has 0 aliphatic carbocycles. The normalized spacial score (nSPS) is 11.0. The topological polar surface area (TPSA) is 63.6 Å². The number of amides is 1. The standard InChI is InChI=1S/C15H15N3O2/c1-11(12-6-8-16-9-7-12)17-18-15(19)13-4-3-5-14(10-13)20-2/h3-10H,1-2H3,(H,18,19)/b17-11+. The zero-order chi connectivity index (χ0) is 14.4. The monoisotopic (exact) mass is 269 g/mol. The lowest BCUT2D eigenvalue weighted by Crippen LogP contribution is -2.19. The molecule has 1 aromatic carbocycles. The smallest absolute Gasteiger partial charge is 0.271 e. The number of hydrazone groups is 1. The van der Waals surface area contributed by atoms with Crippen LogP contribution in [0, 0.1) is 0 Å². The summed E-state index contributed by atoms with van der Waals surface area (Å²) in [4.78, 5) is 15.9. The Hall–Kier alpha value is -2.69. The Morgan fingerprint density at radius 3 is 2.65 bits per heavy atom. The zero-order valence-electron chi connectivity index (χ0n) is 11.3. The first-order valence-electron chi connectivity index (χ1n) is 6.10. The van der Waals surface area contributed by atoms with Crippen molar-refractivity contribution in [1.29, 1.82) is 0 Å². The van der Waals surface area contributed by atoms with E-state index in [1.54, 1.807) is 43.8 Å². The van der Waals surface area contributed by atoms with Gasteiger partial charge in [0, 0.05) is 23.5 Å². The molecule has 5 heteroatoms. The Morgan fingerprint density at radius 1 is 1.20 bits per heavy atom. The third-order valence-electron chi connectivity index (χ3n) is 2.76. The van der Waals surface area contributed by atoms with Gasteiger partial charge < -0.3 is 4.74 Å². The molecule has 0 bridgehead atoms. The fourth-order valence-electron chi connectivity index (χ4n) is 1.62. The van der Waals surface area contributed by atoms with Crippen molar-refractivity contribution in [2.24, 2.45) is 5.10 Å². The van der Waals surface area contributed by atoms with Crippen molar-refractivity contribution < 1.29 is 9.53 Å². The summed E-state index contributed by atoms with van der Waals surface area (Å²) in [5.74, 6) is 0.352. The number of nitrogens with one attached hydrogen (secondary N) is 1. The number of hydrogen-bond donors (Lipinski definition) is 1. The molecule has 1 aromatic heterocycles. The first-order valence-corrected chi connectivity index (χ1v) is 6.10. The SMILES string of the molecule is COc1cccc(C(=O)N/N=C(\C)c2ccncc2)c1. The summed E-state index contributed by atoms with van der Waals surface area (Å²) in [7, 11) is 1.56. The molecule has 0 aliphatic heterocycles. The summed E-state index contributed by atoms with van der Waals surface area (Å²) in [6.07, 6.45) is 3.36. The summed E-state index contributed by atoms with van der Waals surface area (Å²) in [5, 5.41) is 4.07. The molecule has 0 radical (unpaired) electrons. The highest BCUT2D eigenvalue weighted by Crippen LogP contribution is 2.12. The molecule has 2 rings (SSSR count). The quantitative estimate of drug-likeness (QED) is 0.684. The molecule has 2 aromatic rings. The summed E-state index contributed by atoms with van der Waals surface area (Å²) in [6, 6.07) is 10.6. The first kappa shape index (κ1) is 13.7. The number of benzene rings is 1. The van der Waals surface area contributed by atoms with Gasteiger partial charge in [0.05, 0.1) is 12.8 Å². The number of carbonyl (C=O) groups is 1. The molecular weight excluding hydrogens is 254 g/mol. The lowest BCUT2D eigenvalue weighted by atomic mass is 10.2. The predicted molar refractivity (Wildman–Crippen MR) is 76.9 cm³/mol. The second kappa shape index (κ2) is 6.47. The van der Waals surface area contributed by atoms with E-state index in [1.807, 2.05) is 19.1 Å². The van der Waals surface area contributed by atoms with Gasteiger partial charge in [0.1, 0.15) is 5.75 Å². The highest BCUT2D eigenvalue weighted by Gasteiger charge is 2.06. The van der Waals surface area contributed by atoms with E-state index in [2.05, 4.69) is 15.5 Å². The molecule has 1 N–H and O–H groups in total. The van der Waals surface area contributed by atoms with Crippen LogP contribution in [-0.2, 0) is 0 Å². The molecular formula is C15H15N3O2. The van der Waals surface area contributed by atoms with Gasteiger partial charge in [-0.25, -0.2) is 5.43 Å². The lowest BCUT2D eigenvalue weighted by Gasteiger charge is -2.04. The van der Waals surface area contributed by atoms with Crippen molar-refractivity contribution in [3.05, 3.63) is 59.9 Å². The molecule has 0 saturated carbocycles.